The molecule has 0 aromatic carbocycles. The van der Waals surface area contributed by atoms with Crippen molar-refractivity contribution in [3.8, 4) is 0 Å². The summed E-state index contributed by atoms with van der Waals surface area (Å²) >= 11 is 0. The van der Waals surface area contributed by atoms with Gasteiger partial charge in [-0.15, -0.1) is 0 Å². The van der Waals surface area contributed by atoms with Gasteiger partial charge in [0.15, 0.2) is 0 Å². The van der Waals surface area contributed by atoms with E-state index in [-0.39, 0.29) is 0 Å². The van der Waals surface area contributed by atoms with Crippen LogP contribution in [0.4, 0.5) is 0 Å². The maximum Gasteiger partial charge on any atom is 0.0488 e. The van der Waals surface area contributed by atoms with Crippen LogP contribution in [-0.2, 0) is 9.47 Å². The van der Waals surface area contributed by atoms with Gasteiger partial charge in [0.2, 0.25) is 0 Å². The summed E-state index contributed by atoms with van der Waals surface area (Å²) in [5, 5.41) is 0. The second-order valence-electron chi connectivity index (χ2n) is 8.48. The first-order chi connectivity index (χ1) is 10.7. The molecule has 0 N–H and O–H groups in total. The Hall–Kier alpha value is -0.0800. The minimum absolute atomic E-state index is 0.666. The summed E-state index contributed by atoms with van der Waals surface area (Å²) in [6.45, 7) is 23.8. The summed E-state index contributed by atoms with van der Waals surface area (Å²) in [6, 6.07) is 0. The fraction of sp³-hybridized carbons (Fsp3) is 1.00. The van der Waals surface area contributed by atoms with Crippen molar-refractivity contribution in [3.63, 3.8) is 0 Å². The van der Waals surface area contributed by atoms with Crippen LogP contribution < -0.4 is 0 Å². The van der Waals surface area contributed by atoms with Gasteiger partial charge in [0.25, 0.3) is 0 Å². The molecule has 2 nitrogen and oxygen atoms in total. The maximum absolute atomic E-state index is 5.52. The fourth-order valence-electron chi connectivity index (χ4n) is 1.83. The van der Waals surface area contributed by atoms with Crippen molar-refractivity contribution in [2.75, 3.05) is 26.4 Å². The van der Waals surface area contributed by atoms with E-state index in [4.69, 9.17) is 9.47 Å². The van der Waals surface area contributed by atoms with Gasteiger partial charge >= 0.3 is 0 Å². The summed E-state index contributed by atoms with van der Waals surface area (Å²) in [7, 11) is 0. The van der Waals surface area contributed by atoms with E-state index >= 15 is 0 Å². The SMILES string of the molecule is CC(C)CCCOCC(C)C.CC(C)COCCC(C)C(C)C. The molecule has 0 saturated heterocycles. The van der Waals surface area contributed by atoms with Crippen molar-refractivity contribution in [2.45, 2.75) is 81.6 Å². The molecule has 23 heavy (non-hydrogen) atoms. The van der Waals surface area contributed by atoms with Crippen LogP contribution >= 0.6 is 0 Å². The molecule has 0 aromatic rings. The first-order valence-corrected chi connectivity index (χ1v) is 9.82. The van der Waals surface area contributed by atoms with Gasteiger partial charge in [-0.3, -0.25) is 0 Å². The molecule has 2 heteroatoms. The standard InChI is InChI=1S/C11H24O.C10H22O/c1-9(2)8-12-7-6-11(5)10(3)4;1-9(2)6-5-7-11-8-10(3)4/h9-11H,6-8H2,1-5H3;9-10H,5-8H2,1-4H3. The maximum atomic E-state index is 5.52. The Labute approximate surface area is 147 Å². The third-order valence-electron chi connectivity index (χ3n) is 3.83. The number of ether oxygens (including phenoxy) is 2. The van der Waals surface area contributed by atoms with Crippen molar-refractivity contribution in [3.05, 3.63) is 0 Å². The Kier molecular flexibility index (Phi) is 18.3. The van der Waals surface area contributed by atoms with Gasteiger partial charge in [-0.2, -0.15) is 0 Å². The van der Waals surface area contributed by atoms with E-state index in [1.54, 1.807) is 0 Å². The average molecular weight is 331 g/mol. The lowest BCUT2D eigenvalue weighted by Gasteiger charge is -2.15. The minimum atomic E-state index is 0.666. The van der Waals surface area contributed by atoms with Crippen molar-refractivity contribution in [1.82, 2.24) is 0 Å². The summed E-state index contributed by atoms with van der Waals surface area (Å²) < 4.78 is 11.0. The quantitative estimate of drug-likeness (QED) is 0.383. The second-order valence-corrected chi connectivity index (χ2v) is 8.48. The lowest BCUT2D eigenvalue weighted by Crippen LogP contribution is -2.10. The van der Waals surface area contributed by atoms with E-state index < -0.39 is 0 Å². The van der Waals surface area contributed by atoms with E-state index in [0.717, 1.165) is 44.2 Å². The summed E-state index contributed by atoms with van der Waals surface area (Å²) in [4.78, 5) is 0. The largest absolute Gasteiger partial charge is 0.381 e. The predicted octanol–water partition coefficient (Wildman–Crippen LogP) is 6.44. The zero-order valence-corrected chi connectivity index (χ0v) is 17.7. The van der Waals surface area contributed by atoms with Crippen LogP contribution in [0.25, 0.3) is 0 Å². The molecule has 0 bridgehead atoms. The van der Waals surface area contributed by atoms with Crippen LogP contribution in [-0.4, -0.2) is 26.4 Å². The lowest BCUT2D eigenvalue weighted by atomic mass is 9.95. The molecule has 0 fully saturated rings. The van der Waals surface area contributed by atoms with E-state index in [9.17, 15) is 0 Å². The van der Waals surface area contributed by atoms with Crippen LogP contribution in [0.5, 0.6) is 0 Å². The third kappa shape index (κ3) is 24.3. The number of rotatable bonds is 12. The van der Waals surface area contributed by atoms with Crippen LogP contribution in [0.15, 0.2) is 0 Å². The number of hydrogen-bond donors (Lipinski definition) is 0. The van der Waals surface area contributed by atoms with Crippen LogP contribution in [0.1, 0.15) is 81.6 Å². The van der Waals surface area contributed by atoms with Gasteiger partial charge in [-0.05, 0) is 48.9 Å². The highest BCUT2D eigenvalue weighted by molar-refractivity contribution is 4.56. The lowest BCUT2D eigenvalue weighted by molar-refractivity contribution is 0.0947. The highest BCUT2D eigenvalue weighted by Gasteiger charge is 2.06. The molecule has 1 atom stereocenters. The molecule has 0 aliphatic carbocycles. The second kappa shape index (κ2) is 16.8. The highest BCUT2D eigenvalue weighted by atomic mass is 16.5. The number of hydrogen-bond acceptors (Lipinski definition) is 2. The first kappa shape index (κ1) is 25.2. The molecule has 0 aromatic heterocycles. The Morgan fingerprint density at radius 1 is 0.565 bits per heavy atom. The molecular formula is C21H46O2. The molecule has 0 radical (unpaired) electrons. The molecule has 1 unspecified atom stereocenters. The summed E-state index contributed by atoms with van der Waals surface area (Å²) in [5.74, 6) is 3.73. The van der Waals surface area contributed by atoms with Gasteiger partial charge < -0.3 is 9.47 Å². The Balaban J connectivity index is 0. The zero-order valence-electron chi connectivity index (χ0n) is 17.7. The van der Waals surface area contributed by atoms with Crippen molar-refractivity contribution >= 4 is 0 Å². The van der Waals surface area contributed by atoms with Gasteiger partial charge in [0, 0.05) is 26.4 Å². The van der Waals surface area contributed by atoms with E-state index in [1.807, 2.05) is 0 Å². The average Bonchev–Trinajstić information content (AvgIpc) is 2.42. The van der Waals surface area contributed by atoms with Crippen molar-refractivity contribution in [1.29, 1.82) is 0 Å². The molecule has 0 heterocycles. The first-order valence-electron chi connectivity index (χ1n) is 9.82. The van der Waals surface area contributed by atoms with Gasteiger partial charge in [0.1, 0.15) is 0 Å². The predicted molar refractivity (Wildman–Crippen MR) is 104 cm³/mol. The van der Waals surface area contributed by atoms with Crippen molar-refractivity contribution < 1.29 is 9.47 Å². The molecule has 0 amide bonds. The molecule has 142 valence electrons. The van der Waals surface area contributed by atoms with Crippen molar-refractivity contribution in [2.24, 2.45) is 29.6 Å². The van der Waals surface area contributed by atoms with E-state index in [1.165, 1.54) is 19.3 Å². The van der Waals surface area contributed by atoms with Gasteiger partial charge in [0.05, 0.1) is 0 Å². The van der Waals surface area contributed by atoms with E-state index in [2.05, 4.69) is 62.3 Å². The molecule has 0 aliphatic heterocycles. The highest BCUT2D eigenvalue weighted by Crippen LogP contribution is 2.13. The zero-order chi connectivity index (χ0) is 18.3. The Morgan fingerprint density at radius 3 is 1.43 bits per heavy atom. The Bertz CT molecular complexity index is 212. The topological polar surface area (TPSA) is 18.5 Å². The molecule has 0 spiro atoms. The normalized spacial score (nSPS) is 12.9. The van der Waals surface area contributed by atoms with E-state index in [0.29, 0.717) is 11.8 Å². The third-order valence-corrected chi connectivity index (χ3v) is 3.83. The molecule has 0 aliphatic rings. The molecule has 0 saturated carbocycles. The minimum Gasteiger partial charge on any atom is -0.381 e. The Morgan fingerprint density at radius 2 is 1.04 bits per heavy atom. The monoisotopic (exact) mass is 330 g/mol. The van der Waals surface area contributed by atoms with Gasteiger partial charge in [-0.1, -0.05) is 62.3 Å². The fourth-order valence-corrected chi connectivity index (χ4v) is 1.83. The van der Waals surface area contributed by atoms with Gasteiger partial charge in [-0.25, -0.2) is 0 Å². The summed E-state index contributed by atoms with van der Waals surface area (Å²) in [5.41, 5.74) is 0. The van der Waals surface area contributed by atoms with Crippen LogP contribution in [0.3, 0.4) is 0 Å². The smallest absolute Gasteiger partial charge is 0.0488 e. The van der Waals surface area contributed by atoms with Crippen LogP contribution in [0.2, 0.25) is 0 Å². The summed E-state index contributed by atoms with van der Waals surface area (Å²) in [6.07, 6.45) is 3.70. The molecular weight excluding hydrogens is 284 g/mol. The molecule has 0 rings (SSSR count). The van der Waals surface area contributed by atoms with Crippen LogP contribution in [0, 0.1) is 29.6 Å².